The molecule has 0 amide bonds. The van der Waals surface area contributed by atoms with Crippen LogP contribution in [0.5, 0.6) is 11.5 Å². The fraction of sp³-hybridized carbons (Fsp3) is 0.0870. The molecule has 3 heterocycles. The molecule has 0 saturated carbocycles. The molecule has 0 fully saturated rings. The first-order chi connectivity index (χ1) is 13.7. The molecule has 1 aliphatic rings. The predicted octanol–water partition coefficient (Wildman–Crippen LogP) is 5.40. The normalized spacial score (nSPS) is 13.0. The molecule has 0 atom stereocenters. The molecule has 5 aromatic rings. The van der Waals surface area contributed by atoms with E-state index in [0.29, 0.717) is 16.6 Å². The van der Waals surface area contributed by atoms with E-state index < -0.39 is 0 Å². The number of benzene rings is 3. The number of furan rings is 1. The minimum absolute atomic E-state index is 0.236. The molecule has 0 aliphatic carbocycles. The van der Waals surface area contributed by atoms with Crippen LogP contribution >= 0.6 is 0 Å². The average molecular weight is 370 g/mol. The summed E-state index contributed by atoms with van der Waals surface area (Å²) in [4.78, 5) is 12.4. The molecule has 6 rings (SSSR count). The number of ether oxygens (including phenoxy) is 2. The van der Waals surface area contributed by atoms with Crippen molar-refractivity contribution in [2.45, 2.75) is 6.92 Å². The maximum Gasteiger partial charge on any atom is 0.344 e. The lowest BCUT2D eigenvalue weighted by atomic mass is 9.98. The minimum Gasteiger partial charge on any atom is -0.463 e. The van der Waals surface area contributed by atoms with E-state index in [1.807, 2.05) is 49.4 Å². The fourth-order valence-corrected chi connectivity index (χ4v) is 3.98. The fourth-order valence-electron chi connectivity index (χ4n) is 3.98. The van der Waals surface area contributed by atoms with E-state index in [1.165, 1.54) is 0 Å². The van der Waals surface area contributed by atoms with Crippen molar-refractivity contribution >= 4 is 32.7 Å². The highest BCUT2D eigenvalue weighted by molar-refractivity contribution is 6.12. The van der Waals surface area contributed by atoms with E-state index in [2.05, 4.69) is 0 Å². The Bertz CT molecular complexity index is 1470. The second-order valence-electron chi connectivity index (χ2n) is 6.91. The zero-order chi connectivity index (χ0) is 18.8. The molecule has 0 N–H and O–H groups in total. The summed E-state index contributed by atoms with van der Waals surface area (Å²) < 4.78 is 22.4. The van der Waals surface area contributed by atoms with Crippen molar-refractivity contribution in [1.82, 2.24) is 0 Å². The summed E-state index contributed by atoms with van der Waals surface area (Å²) in [5, 5.41) is 3.30. The lowest BCUT2D eigenvalue weighted by molar-refractivity contribution is 0.174. The molecule has 0 spiro atoms. The van der Waals surface area contributed by atoms with Gasteiger partial charge in [-0.05, 0) is 42.1 Å². The molecule has 5 nitrogen and oxygen atoms in total. The summed E-state index contributed by atoms with van der Waals surface area (Å²) in [7, 11) is 0. The van der Waals surface area contributed by atoms with Gasteiger partial charge in [-0.3, -0.25) is 0 Å². The van der Waals surface area contributed by atoms with Crippen LogP contribution in [0.25, 0.3) is 43.8 Å². The highest BCUT2D eigenvalue weighted by Crippen LogP contribution is 2.41. The molecule has 0 radical (unpaired) electrons. The van der Waals surface area contributed by atoms with Crippen molar-refractivity contribution in [3.05, 3.63) is 70.8 Å². The average Bonchev–Trinajstić information content (AvgIpc) is 3.35. The van der Waals surface area contributed by atoms with Crippen molar-refractivity contribution in [1.29, 1.82) is 0 Å². The standard InChI is InChI=1S/C23H14O5/c1-12-21-17(9-16-14-4-2-3-5-15(14)23(24)28-22(12)16)18(10-25-21)13-6-7-19-20(8-13)27-11-26-19/h2-10H,11H2,1H3. The molecular weight excluding hydrogens is 356 g/mol. The van der Waals surface area contributed by atoms with Crippen LogP contribution in [-0.2, 0) is 0 Å². The third-order valence-corrected chi connectivity index (χ3v) is 5.36. The minimum atomic E-state index is -0.340. The molecule has 1 aliphatic heterocycles. The molecule has 3 aromatic carbocycles. The number of hydrogen-bond donors (Lipinski definition) is 0. The van der Waals surface area contributed by atoms with Crippen LogP contribution in [-0.4, -0.2) is 6.79 Å². The number of aryl methyl sites for hydroxylation is 1. The molecule has 0 bridgehead atoms. The van der Waals surface area contributed by atoms with E-state index in [0.717, 1.165) is 44.3 Å². The lowest BCUT2D eigenvalue weighted by Gasteiger charge is -2.07. The summed E-state index contributed by atoms with van der Waals surface area (Å²) in [6, 6.07) is 15.4. The van der Waals surface area contributed by atoms with Gasteiger partial charge in [-0.1, -0.05) is 24.3 Å². The van der Waals surface area contributed by atoms with Gasteiger partial charge in [0.25, 0.3) is 0 Å². The van der Waals surface area contributed by atoms with Crippen molar-refractivity contribution < 1.29 is 18.3 Å². The monoisotopic (exact) mass is 370 g/mol. The Labute approximate surface area is 158 Å². The Morgan fingerprint density at radius 3 is 2.54 bits per heavy atom. The molecule has 5 heteroatoms. The number of fused-ring (bicyclic) bond motifs is 5. The summed E-state index contributed by atoms with van der Waals surface area (Å²) in [5.74, 6) is 1.46. The van der Waals surface area contributed by atoms with E-state index in [4.69, 9.17) is 18.3 Å². The molecule has 28 heavy (non-hydrogen) atoms. The van der Waals surface area contributed by atoms with Crippen LogP contribution in [0.3, 0.4) is 0 Å². The quantitative estimate of drug-likeness (QED) is 0.292. The summed E-state index contributed by atoms with van der Waals surface area (Å²) >= 11 is 0. The van der Waals surface area contributed by atoms with Crippen LogP contribution in [0.1, 0.15) is 5.56 Å². The van der Waals surface area contributed by atoms with Gasteiger partial charge >= 0.3 is 5.63 Å². The van der Waals surface area contributed by atoms with Gasteiger partial charge in [0.05, 0.1) is 11.6 Å². The second-order valence-corrected chi connectivity index (χ2v) is 6.91. The third-order valence-electron chi connectivity index (χ3n) is 5.36. The SMILES string of the molecule is Cc1c2occ(-c3ccc4c(c3)OCO4)c2cc2c1oc(=O)c1ccccc12. The van der Waals surface area contributed by atoms with Gasteiger partial charge in [-0.25, -0.2) is 4.79 Å². The maximum atomic E-state index is 12.4. The van der Waals surface area contributed by atoms with Crippen molar-refractivity contribution in [3.8, 4) is 22.6 Å². The van der Waals surface area contributed by atoms with E-state index >= 15 is 0 Å². The first-order valence-corrected chi connectivity index (χ1v) is 8.97. The zero-order valence-electron chi connectivity index (χ0n) is 14.9. The first kappa shape index (κ1) is 15.3. The zero-order valence-corrected chi connectivity index (χ0v) is 14.9. The van der Waals surface area contributed by atoms with Crippen molar-refractivity contribution in [2.75, 3.05) is 6.79 Å². The number of hydrogen-bond acceptors (Lipinski definition) is 5. The van der Waals surface area contributed by atoms with Crippen LogP contribution in [0.15, 0.2) is 68.4 Å². The highest BCUT2D eigenvalue weighted by atomic mass is 16.7. The second kappa shape index (κ2) is 5.39. The van der Waals surface area contributed by atoms with E-state index in [1.54, 1.807) is 12.3 Å². The van der Waals surface area contributed by atoms with Crippen molar-refractivity contribution in [2.24, 2.45) is 0 Å². The van der Waals surface area contributed by atoms with Gasteiger partial charge in [0.15, 0.2) is 11.5 Å². The first-order valence-electron chi connectivity index (χ1n) is 8.97. The number of rotatable bonds is 1. The summed E-state index contributed by atoms with van der Waals surface area (Å²) in [6.45, 7) is 2.15. The third kappa shape index (κ3) is 1.98. The molecule has 136 valence electrons. The lowest BCUT2D eigenvalue weighted by Crippen LogP contribution is -2.00. The molecular formula is C23H14O5. The molecule has 0 unspecified atom stereocenters. The summed E-state index contributed by atoms with van der Waals surface area (Å²) in [6.07, 6.45) is 1.73. The Morgan fingerprint density at radius 1 is 0.821 bits per heavy atom. The van der Waals surface area contributed by atoms with Crippen LogP contribution in [0.2, 0.25) is 0 Å². The van der Waals surface area contributed by atoms with Gasteiger partial charge in [0.1, 0.15) is 11.2 Å². The smallest absolute Gasteiger partial charge is 0.344 e. The van der Waals surface area contributed by atoms with Crippen LogP contribution < -0.4 is 15.1 Å². The van der Waals surface area contributed by atoms with Gasteiger partial charge in [-0.15, -0.1) is 0 Å². The van der Waals surface area contributed by atoms with Gasteiger partial charge in [0.2, 0.25) is 6.79 Å². The Morgan fingerprint density at radius 2 is 1.64 bits per heavy atom. The van der Waals surface area contributed by atoms with Crippen molar-refractivity contribution in [3.63, 3.8) is 0 Å². The molecule has 2 aromatic heterocycles. The maximum absolute atomic E-state index is 12.4. The van der Waals surface area contributed by atoms with Crippen LogP contribution in [0, 0.1) is 6.92 Å². The largest absolute Gasteiger partial charge is 0.463 e. The van der Waals surface area contributed by atoms with E-state index in [9.17, 15) is 4.79 Å². The Kier molecular flexibility index (Phi) is 2.95. The highest BCUT2D eigenvalue weighted by Gasteiger charge is 2.19. The van der Waals surface area contributed by atoms with Crippen LogP contribution in [0.4, 0.5) is 0 Å². The van der Waals surface area contributed by atoms with E-state index in [-0.39, 0.29) is 12.4 Å². The van der Waals surface area contributed by atoms with Gasteiger partial charge in [0, 0.05) is 21.9 Å². The topological polar surface area (TPSA) is 61.8 Å². The molecule has 0 saturated heterocycles. The Hall–Kier alpha value is -3.73. The van der Waals surface area contributed by atoms with Gasteiger partial charge in [-0.2, -0.15) is 0 Å². The summed E-state index contributed by atoms with van der Waals surface area (Å²) in [5.41, 5.74) is 3.66. The predicted molar refractivity (Wildman–Crippen MR) is 106 cm³/mol. The van der Waals surface area contributed by atoms with Gasteiger partial charge < -0.3 is 18.3 Å². The Balaban J connectivity index is 1.71.